The summed E-state index contributed by atoms with van der Waals surface area (Å²) in [5.74, 6) is 1.36. The van der Waals surface area contributed by atoms with Crippen LogP contribution in [0.2, 0.25) is 5.02 Å². The van der Waals surface area contributed by atoms with Crippen molar-refractivity contribution in [1.29, 1.82) is 0 Å². The van der Waals surface area contributed by atoms with Crippen molar-refractivity contribution in [2.45, 2.75) is 29.8 Å². The van der Waals surface area contributed by atoms with E-state index in [0.29, 0.717) is 17.1 Å². The average Bonchev–Trinajstić information content (AvgIpc) is 3.72. The molecule has 2 fully saturated rings. The molecular weight excluding hydrogens is 552 g/mol. The van der Waals surface area contributed by atoms with Gasteiger partial charge in [-0.2, -0.15) is 15.0 Å². The van der Waals surface area contributed by atoms with Crippen LogP contribution in [0.5, 0.6) is 0 Å². The quantitative estimate of drug-likeness (QED) is 0.266. The standard InChI is InChI=1S/C27H27ClN8OS2/c1-17-16-29-26(38-17)32-24-31-25(36-13-11-35(12-14-36)21-4-2-3-19(28)15-21)34-27(33-24)39-22-9-7-20(8-10-22)30-23(37)18-5-6-18/h2-4,7-10,15-16,18H,5-6,11-14H2,1H3,(H,30,37)(H,29,31,32,33,34). The highest BCUT2D eigenvalue weighted by Gasteiger charge is 2.29. The minimum atomic E-state index is 0.0983. The summed E-state index contributed by atoms with van der Waals surface area (Å²) in [5, 5.41) is 8.29. The Kier molecular flexibility index (Phi) is 7.53. The zero-order chi connectivity index (χ0) is 26.8. The van der Waals surface area contributed by atoms with E-state index in [1.54, 1.807) is 11.3 Å². The molecule has 0 bridgehead atoms. The van der Waals surface area contributed by atoms with E-state index in [1.165, 1.54) is 11.8 Å². The molecule has 4 aromatic rings. The van der Waals surface area contributed by atoms with Crippen LogP contribution in [0.15, 0.2) is 64.8 Å². The molecule has 1 aliphatic heterocycles. The summed E-state index contributed by atoms with van der Waals surface area (Å²) >= 11 is 9.22. The predicted molar refractivity (Wildman–Crippen MR) is 158 cm³/mol. The van der Waals surface area contributed by atoms with Crippen LogP contribution >= 0.6 is 34.7 Å². The Morgan fingerprint density at radius 2 is 1.79 bits per heavy atom. The molecule has 1 saturated carbocycles. The Labute approximate surface area is 240 Å². The van der Waals surface area contributed by atoms with Gasteiger partial charge in [-0.3, -0.25) is 10.1 Å². The molecule has 0 radical (unpaired) electrons. The Balaban J connectivity index is 1.19. The number of aromatic nitrogens is 4. The first-order valence-electron chi connectivity index (χ1n) is 12.8. The van der Waals surface area contributed by atoms with Gasteiger partial charge in [0.25, 0.3) is 0 Å². The van der Waals surface area contributed by atoms with E-state index in [2.05, 4.69) is 36.5 Å². The van der Waals surface area contributed by atoms with Gasteiger partial charge in [0.2, 0.25) is 17.8 Å². The van der Waals surface area contributed by atoms with E-state index in [1.807, 2.05) is 55.6 Å². The van der Waals surface area contributed by atoms with E-state index < -0.39 is 0 Å². The molecule has 1 amide bonds. The maximum atomic E-state index is 12.1. The topological polar surface area (TPSA) is 99.2 Å². The number of nitrogens with one attached hydrogen (secondary N) is 2. The fourth-order valence-electron chi connectivity index (χ4n) is 4.24. The summed E-state index contributed by atoms with van der Waals surface area (Å²) in [4.78, 5) is 37.3. The number of carbonyl (C=O) groups excluding carboxylic acids is 1. The van der Waals surface area contributed by atoms with Gasteiger partial charge in [0, 0.05) is 64.5 Å². The number of hydrogen-bond acceptors (Lipinski definition) is 10. The summed E-state index contributed by atoms with van der Waals surface area (Å²) in [6.07, 6.45) is 3.78. The number of rotatable bonds is 8. The van der Waals surface area contributed by atoms with Gasteiger partial charge >= 0.3 is 0 Å². The van der Waals surface area contributed by atoms with E-state index in [0.717, 1.165) is 70.3 Å². The Bertz CT molecular complexity index is 1470. The highest BCUT2D eigenvalue weighted by atomic mass is 35.5. The van der Waals surface area contributed by atoms with Crippen molar-refractivity contribution in [3.63, 3.8) is 0 Å². The van der Waals surface area contributed by atoms with Gasteiger partial charge in [0.15, 0.2) is 10.3 Å². The second-order valence-electron chi connectivity index (χ2n) is 9.49. The summed E-state index contributed by atoms with van der Waals surface area (Å²) in [5.41, 5.74) is 1.92. The number of benzene rings is 2. The molecule has 39 heavy (non-hydrogen) atoms. The Morgan fingerprint density at radius 1 is 1.03 bits per heavy atom. The summed E-state index contributed by atoms with van der Waals surface area (Å²) in [7, 11) is 0. The summed E-state index contributed by atoms with van der Waals surface area (Å²) in [6, 6.07) is 15.7. The van der Waals surface area contributed by atoms with Crippen LogP contribution in [0.25, 0.3) is 0 Å². The molecule has 2 aliphatic rings. The molecule has 2 N–H and O–H groups in total. The molecule has 2 aromatic carbocycles. The lowest BCUT2D eigenvalue weighted by Gasteiger charge is -2.36. The van der Waals surface area contributed by atoms with Crippen molar-refractivity contribution in [3.05, 3.63) is 64.6 Å². The average molecular weight is 579 g/mol. The predicted octanol–water partition coefficient (Wildman–Crippen LogP) is 5.86. The van der Waals surface area contributed by atoms with Crippen molar-refractivity contribution >= 4 is 69.0 Å². The van der Waals surface area contributed by atoms with Crippen LogP contribution in [0.1, 0.15) is 17.7 Å². The summed E-state index contributed by atoms with van der Waals surface area (Å²) < 4.78 is 0. The zero-order valence-electron chi connectivity index (χ0n) is 21.3. The van der Waals surface area contributed by atoms with E-state index in [9.17, 15) is 4.79 Å². The SMILES string of the molecule is Cc1cnc(Nc2nc(Sc3ccc(NC(=O)C4CC4)cc3)nc(N3CCN(c4cccc(Cl)c4)CC3)n2)s1. The van der Waals surface area contributed by atoms with Gasteiger partial charge in [0.1, 0.15) is 0 Å². The molecule has 1 aliphatic carbocycles. The van der Waals surface area contributed by atoms with Crippen LogP contribution in [-0.4, -0.2) is 52.0 Å². The van der Waals surface area contributed by atoms with E-state index >= 15 is 0 Å². The van der Waals surface area contributed by atoms with Crippen LogP contribution in [0, 0.1) is 12.8 Å². The van der Waals surface area contributed by atoms with Crippen molar-refractivity contribution in [3.8, 4) is 0 Å². The van der Waals surface area contributed by atoms with Gasteiger partial charge in [-0.25, -0.2) is 4.98 Å². The number of anilines is 5. The van der Waals surface area contributed by atoms with Crippen molar-refractivity contribution in [2.24, 2.45) is 5.92 Å². The summed E-state index contributed by atoms with van der Waals surface area (Å²) in [6.45, 7) is 5.21. The number of halogens is 1. The van der Waals surface area contributed by atoms with Crippen molar-refractivity contribution in [2.75, 3.05) is 46.6 Å². The molecule has 1 saturated heterocycles. The van der Waals surface area contributed by atoms with E-state index in [4.69, 9.17) is 21.6 Å². The molecule has 200 valence electrons. The maximum Gasteiger partial charge on any atom is 0.234 e. The third kappa shape index (κ3) is 6.60. The Morgan fingerprint density at radius 3 is 2.49 bits per heavy atom. The van der Waals surface area contributed by atoms with Crippen LogP contribution in [-0.2, 0) is 4.79 Å². The zero-order valence-corrected chi connectivity index (χ0v) is 23.7. The van der Waals surface area contributed by atoms with Gasteiger partial charge in [-0.1, -0.05) is 17.7 Å². The number of hydrogen-bond donors (Lipinski definition) is 2. The van der Waals surface area contributed by atoms with Crippen LogP contribution < -0.4 is 20.4 Å². The minimum Gasteiger partial charge on any atom is -0.368 e. The first-order chi connectivity index (χ1) is 19.0. The molecular formula is C27H27ClN8OS2. The normalized spacial score (nSPS) is 15.3. The number of amides is 1. The van der Waals surface area contributed by atoms with Gasteiger partial charge in [-0.05, 0) is 74.0 Å². The van der Waals surface area contributed by atoms with Gasteiger partial charge in [-0.15, -0.1) is 11.3 Å². The molecule has 0 atom stereocenters. The largest absolute Gasteiger partial charge is 0.368 e. The molecule has 12 heteroatoms. The van der Waals surface area contributed by atoms with Crippen LogP contribution in [0.4, 0.5) is 28.4 Å². The molecule has 2 aromatic heterocycles. The molecule has 6 rings (SSSR count). The van der Waals surface area contributed by atoms with Crippen LogP contribution in [0.3, 0.4) is 0 Å². The lowest BCUT2D eigenvalue weighted by atomic mass is 10.2. The van der Waals surface area contributed by atoms with E-state index in [-0.39, 0.29) is 11.8 Å². The number of piperazine rings is 1. The molecule has 3 heterocycles. The highest BCUT2D eigenvalue weighted by molar-refractivity contribution is 7.99. The first kappa shape index (κ1) is 25.8. The lowest BCUT2D eigenvalue weighted by Crippen LogP contribution is -2.47. The smallest absolute Gasteiger partial charge is 0.234 e. The number of carbonyl (C=O) groups is 1. The number of thiazole rings is 1. The fraction of sp³-hybridized carbons (Fsp3) is 0.296. The lowest BCUT2D eigenvalue weighted by molar-refractivity contribution is -0.117. The second-order valence-corrected chi connectivity index (χ2v) is 12.2. The fourth-order valence-corrected chi connectivity index (χ4v) is 5.82. The third-order valence-electron chi connectivity index (χ3n) is 6.46. The monoisotopic (exact) mass is 578 g/mol. The van der Waals surface area contributed by atoms with Crippen molar-refractivity contribution < 1.29 is 4.79 Å². The maximum absolute atomic E-state index is 12.1. The first-order valence-corrected chi connectivity index (χ1v) is 14.8. The molecule has 9 nitrogen and oxygen atoms in total. The van der Waals surface area contributed by atoms with Gasteiger partial charge < -0.3 is 15.1 Å². The Hall–Kier alpha value is -3.41. The number of aryl methyl sites for hydroxylation is 1. The third-order valence-corrected chi connectivity index (χ3v) is 8.39. The minimum absolute atomic E-state index is 0.0983. The number of nitrogens with zero attached hydrogens (tertiary/aromatic N) is 6. The second kappa shape index (κ2) is 11.4. The molecule has 0 unspecified atom stereocenters. The van der Waals surface area contributed by atoms with Crippen molar-refractivity contribution in [1.82, 2.24) is 19.9 Å². The molecule has 0 spiro atoms. The highest BCUT2D eigenvalue weighted by Crippen LogP contribution is 2.32. The van der Waals surface area contributed by atoms with Gasteiger partial charge in [0.05, 0.1) is 0 Å².